The van der Waals surface area contributed by atoms with Gasteiger partial charge in [-0.25, -0.2) is 4.79 Å². The van der Waals surface area contributed by atoms with Crippen LogP contribution < -0.4 is 14.4 Å². The number of halogens is 1. The molecule has 232 valence electrons. The lowest BCUT2D eigenvalue weighted by Crippen LogP contribution is -2.32. The zero-order valence-electron chi connectivity index (χ0n) is 26.7. The number of cyclic esters (lactones) is 1. The fraction of sp³-hybridized carbons (Fsp3) is 0.289. The molecule has 0 bridgehead atoms. The number of para-hydroxylation sites is 2. The van der Waals surface area contributed by atoms with E-state index >= 15 is 0 Å². The molecule has 0 aliphatic carbocycles. The molecule has 5 aromatic rings. The van der Waals surface area contributed by atoms with E-state index in [2.05, 4.69) is 114 Å². The molecule has 0 saturated heterocycles. The average molecular weight is 668 g/mol. The summed E-state index contributed by atoms with van der Waals surface area (Å²) in [4.78, 5) is 16.4. The van der Waals surface area contributed by atoms with Crippen LogP contribution in [0.25, 0.3) is 10.9 Å². The summed E-state index contributed by atoms with van der Waals surface area (Å²) >= 11 is 3.58. The summed E-state index contributed by atoms with van der Waals surface area (Å²) in [6, 6.07) is 28.8. The Labute approximate surface area is 273 Å². The zero-order valence-corrected chi connectivity index (χ0v) is 28.3. The maximum atomic E-state index is 14.2. The van der Waals surface area contributed by atoms with Crippen LogP contribution in [0.1, 0.15) is 71.9 Å². The first-order valence-electron chi connectivity index (χ1n) is 15.5. The fourth-order valence-corrected chi connectivity index (χ4v) is 7.23. The molecule has 2 heterocycles. The first-order chi connectivity index (χ1) is 21.8. The summed E-state index contributed by atoms with van der Waals surface area (Å²) in [5, 5.41) is 1.02. The molecule has 0 saturated carbocycles. The quantitative estimate of drug-likeness (QED) is 0.139. The second-order valence-corrected chi connectivity index (χ2v) is 12.6. The lowest BCUT2D eigenvalue weighted by atomic mass is 9.76. The third-order valence-electron chi connectivity index (χ3n) is 8.92. The summed E-state index contributed by atoms with van der Waals surface area (Å²) < 4.78 is 22.1. The molecule has 0 radical (unpaired) electrons. The number of ether oxygens (including phenoxy) is 3. The van der Waals surface area contributed by atoms with E-state index < -0.39 is 5.60 Å². The van der Waals surface area contributed by atoms with E-state index in [1.165, 1.54) is 5.56 Å². The largest absolute Gasteiger partial charge is 0.493 e. The van der Waals surface area contributed by atoms with Crippen molar-refractivity contribution in [3.63, 3.8) is 0 Å². The summed E-state index contributed by atoms with van der Waals surface area (Å²) in [6.07, 6.45) is 0. The van der Waals surface area contributed by atoms with Crippen molar-refractivity contribution in [1.29, 1.82) is 0 Å². The van der Waals surface area contributed by atoms with Gasteiger partial charge in [0.05, 0.1) is 25.3 Å². The van der Waals surface area contributed by atoms with Gasteiger partial charge in [0.2, 0.25) is 0 Å². The van der Waals surface area contributed by atoms with Crippen LogP contribution in [0.5, 0.6) is 11.5 Å². The number of nitrogens with zero attached hydrogens (tertiary/aromatic N) is 2. The van der Waals surface area contributed by atoms with Crippen molar-refractivity contribution in [2.45, 2.75) is 45.8 Å². The van der Waals surface area contributed by atoms with Crippen LogP contribution in [-0.2, 0) is 16.9 Å². The highest BCUT2D eigenvalue weighted by Crippen LogP contribution is 2.56. The van der Waals surface area contributed by atoms with E-state index in [0.717, 1.165) is 56.5 Å². The van der Waals surface area contributed by atoms with Crippen LogP contribution in [0, 0.1) is 0 Å². The van der Waals surface area contributed by atoms with E-state index in [-0.39, 0.29) is 11.9 Å². The van der Waals surface area contributed by atoms with Crippen molar-refractivity contribution in [2.24, 2.45) is 0 Å². The van der Waals surface area contributed by atoms with E-state index in [4.69, 9.17) is 14.2 Å². The maximum Gasteiger partial charge on any atom is 0.340 e. The number of benzene rings is 4. The number of fused-ring (bicyclic) bond motifs is 2. The summed E-state index contributed by atoms with van der Waals surface area (Å²) in [5.74, 6) is 0.841. The Morgan fingerprint density at radius 2 is 1.62 bits per heavy atom. The highest BCUT2D eigenvalue weighted by Gasteiger charge is 2.53. The number of anilines is 1. The van der Waals surface area contributed by atoms with Crippen molar-refractivity contribution < 1.29 is 19.0 Å². The van der Waals surface area contributed by atoms with Crippen LogP contribution in [0.4, 0.5) is 5.69 Å². The molecule has 1 aliphatic rings. The molecule has 45 heavy (non-hydrogen) atoms. The van der Waals surface area contributed by atoms with Gasteiger partial charge >= 0.3 is 5.97 Å². The summed E-state index contributed by atoms with van der Waals surface area (Å²) in [5.41, 5.74) is 6.06. The predicted molar refractivity (Wildman–Crippen MR) is 184 cm³/mol. The number of aromatic nitrogens is 1. The van der Waals surface area contributed by atoms with Crippen LogP contribution in [0.2, 0.25) is 0 Å². The Balaban J connectivity index is 1.74. The molecule has 7 heteroatoms. The molecule has 0 amide bonds. The van der Waals surface area contributed by atoms with Crippen LogP contribution in [0.15, 0.2) is 89.4 Å². The van der Waals surface area contributed by atoms with Gasteiger partial charge < -0.3 is 23.7 Å². The normalized spacial score (nSPS) is 15.8. The number of carbonyl (C=O) groups excluding carboxylic acids is 1. The predicted octanol–water partition coefficient (Wildman–Crippen LogP) is 8.90. The second-order valence-electron chi connectivity index (χ2n) is 11.7. The van der Waals surface area contributed by atoms with E-state index in [1.54, 1.807) is 14.2 Å². The zero-order chi connectivity index (χ0) is 31.9. The van der Waals surface area contributed by atoms with E-state index in [1.807, 2.05) is 24.3 Å². The van der Waals surface area contributed by atoms with Crippen LogP contribution in [-0.4, -0.2) is 37.8 Å². The Kier molecular flexibility index (Phi) is 8.40. The number of hydrogen-bond acceptors (Lipinski definition) is 5. The van der Waals surface area contributed by atoms with Gasteiger partial charge in [-0.2, -0.15) is 0 Å². The molecule has 0 spiro atoms. The molecule has 1 aromatic heterocycles. The van der Waals surface area contributed by atoms with Crippen molar-refractivity contribution in [1.82, 2.24) is 4.57 Å². The van der Waals surface area contributed by atoms with Crippen molar-refractivity contribution in [3.05, 3.63) is 123 Å². The van der Waals surface area contributed by atoms with Gasteiger partial charge in [-0.3, -0.25) is 0 Å². The highest BCUT2D eigenvalue weighted by atomic mass is 79.9. The van der Waals surface area contributed by atoms with Gasteiger partial charge in [0.25, 0.3) is 0 Å². The number of hydrogen-bond donors (Lipinski definition) is 0. The monoisotopic (exact) mass is 666 g/mol. The molecule has 0 fully saturated rings. The SMILES string of the molecule is CCN(CC)c1ccc2c(c1)C(=O)OC2(c1cccc(OC)c1OC)c1c(C(C)C)n(Cc2ccc(Br)cc2)c2ccccc12. The lowest BCUT2D eigenvalue weighted by molar-refractivity contribution is 0.0244. The third-order valence-corrected chi connectivity index (χ3v) is 9.45. The number of esters is 1. The minimum Gasteiger partial charge on any atom is -0.493 e. The minimum absolute atomic E-state index is 0.0917. The van der Waals surface area contributed by atoms with Crippen LogP contribution >= 0.6 is 15.9 Å². The number of carbonyl (C=O) groups is 1. The minimum atomic E-state index is -1.29. The molecule has 1 aliphatic heterocycles. The smallest absolute Gasteiger partial charge is 0.340 e. The van der Waals surface area contributed by atoms with Gasteiger partial charge in [0.1, 0.15) is 0 Å². The molecule has 0 N–H and O–H groups in total. The fourth-order valence-electron chi connectivity index (χ4n) is 6.96. The second kappa shape index (κ2) is 12.3. The lowest BCUT2D eigenvalue weighted by Gasteiger charge is -2.33. The van der Waals surface area contributed by atoms with Crippen molar-refractivity contribution in [3.8, 4) is 11.5 Å². The van der Waals surface area contributed by atoms with Crippen molar-refractivity contribution in [2.75, 3.05) is 32.2 Å². The average Bonchev–Trinajstić information content (AvgIpc) is 3.54. The number of rotatable bonds is 10. The first kappa shape index (κ1) is 30.8. The van der Waals surface area contributed by atoms with E-state index in [9.17, 15) is 4.79 Å². The Hall–Kier alpha value is -4.23. The number of methoxy groups -OCH3 is 2. The highest BCUT2D eigenvalue weighted by molar-refractivity contribution is 9.10. The van der Waals surface area contributed by atoms with Gasteiger partial charge in [0, 0.05) is 57.5 Å². The first-order valence-corrected chi connectivity index (χ1v) is 16.3. The molecule has 4 aromatic carbocycles. The van der Waals surface area contributed by atoms with Gasteiger partial charge in [0.15, 0.2) is 17.1 Å². The van der Waals surface area contributed by atoms with Gasteiger partial charge in [-0.1, -0.05) is 78.3 Å². The van der Waals surface area contributed by atoms with Crippen molar-refractivity contribution >= 4 is 38.5 Å². The molecule has 1 atom stereocenters. The topological polar surface area (TPSA) is 52.9 Å². The molecule has 1 unspecified atom stereocenters. The maximum absolute atomic E-state index is 14.2. The van der Waals surface area contributed by atoms with E-state index in [0.29, 0.717) is 23.6 Å². The molecule has 6 nitrogen and oxygen atoms in total. The Morgan fingerprint density at radius 3 is 2.29 bits per heavy atom. The van der Waals surface area contributed by atoms with Gasteiger partial charge in [-0.15, -0.1) is 0 Å². The standard InChI is InChI=1S/C38H39BrN2O4/c1-7-40(8-2)27-20-21-30-29(22-27)37(42)45-38(30,31-13-11-15-33(43-5)36(31)44-6)34-28-12-9-10-14-32(28)41(35(34)24(3)4)23-25-16-18-26(39)19-17-25/h9-22,24H,7-8,23H2,1-6H3. The summed E-state index contributed by atoms with van der Waals surface area (Å²) in [7, 11) is 3.26. The third kappa shape index (κ3) is 4.98. The van der Waals surface area contributed by atoms with Crippen LogP contribution in [0.3, 0.4) is 0 Å². The molecule has 6 rings (SSSR count). The Bertz CT molecular complexity index is 1870. The summed E-state index contributed by atoms with van der Waals surface area (Å²) in [6.45, 7) is 11.0. The molecular formula is C38H39BrN2O4. The van der Waals surface area contributed by atoms with Gasteiger partial charge in [-0.05, 0) is 61.7 Å². The Morgan fingerprint density at radius 1 is 0.889 bits per heavy atom. The molecular weight excluding hydrogens is 628 g/mol.